The van der Waals surface area contributed by atoms with E-state index in [1.54, 1.807) is 7.05 Å². The van der Waals surface area contributed by atoms with E-state index in [9.17, 15) is 9.59 Å². The molecule has 0 bridgehead atoms. The van der Waals surface area contributed by atoms with Gasteiger partial charge in [0.1, 0.15) is 6.04 Å². The third kappa shape index (κ3) is 6.28. The van der Waals surface area contributed by atoms with Crippen LogP contribution in [-0.4, -0.2) is 36.9 Å². The molecular weight excluding hydrogens is 398 g/mol. The van der Waals surface area contributed by atoms with Gasteiger partial charge in [-0.05, 0) is 38.0 Å². The van der Waals surface area contributed by atoms with Gasteiger partial charge >= 0.3 is 0 Å². The van der Waals surface area contributed by atoms with Crippen LogP contribution in [0.2, 0.25) is 0 Å². The first-order chi connectivity index (χ1) is 15.3. The molecule has 0 unspecified atom stereocenters. The third-order valence-corrected chi connectivity index (χ3v) is 5.60. The lowest BCUT2D eigenvalue weighted by Gasteiger charge is -2.20. The Morgan fingerprint density at radius 3 is 2.19 bits per heavy atom. The lowest BCUT2D eigenvalue weighted by Crippen LogP contribution is -2.87. The first-order valence-corrected chi connectivity index (χ1v) is 10.9. The summed E-state index contributed by atoms with van der Waals surface area (Å²) in [6, 6.07) is 24.5. The second-order valence-corrected chi connectivity index (χ2v) is 8.36. The number of benzene rings is 3. The molecule has 32 heavy (non-hydrogen) atoms. The molecule has 5 nitrogen and oxygen atoms in total. The van der Waals surface area contributed by atoms with Crippen molar-refractivity contribution in [2.24, 2.45) is 0 Å². The summed E-state index contributed by atoms with van der Waals surface area (Å²) < 4.78 is 0. The summed E-state index contributed by atoms with van der Waals surface area (Å²) in [5.41, 5.74) is 6.34. The van der Waals surface area contributed by atoms with Crippen LogP contribution < -0.4 is 10.6 Å². The van der Waals surface area contributed by atoms with Gasteiger partial charge in [-0.3, -0.25) is 9.59 Å². The summed E-state index contributed by atoms with van der Waals surface area (Å²) in [5, 5.41) is 4.94. The summed E-state index contributed by atoms with van der Waals surface area (Å²) in [6.45, 7) is 6.26. The highest BCUT2D eigenvalue weighted by Gasteiger charge is 2.21. The van der Waals surface area contributed by atoms with E-state index in [4.69, 9.17) is 0 Å². The fraction of sp³-hybridized carbons (Fsp3) is 0.259. The molecule has 0 aliphatic carbocycles. The number of carbonyl (C=O) groups is 2. The zero-order valence-electron chi connectivity index (χ0n) is 19.3. The van der Waals surface area contributed by atoms with Gasteiger partial charge in [-0.25, -0.2) is 0 Å². The number of quaternary nitrogens is 1. The van der Waals surface area contributed by atoms with Crippen molar-refractivity contribution in [1.29, 1.82) is 0 Å². The quantitative estimate of drug-likeness (QED) is 0.576. The third-order valence-electron chi connectivity index (χ3n) is 5.60. The molecule has 2 amide bonds. The normalized spacial score (nSPS) is 11.6. The number of aryl methyl sites for hydroxylation is 3. The molecule has 166 valence electrons. The van der Waals surface area contributed by atoms with E-state index >= 15 is 0 Å². The Labute approximate surface area is 190 Å². The molecule has 0 aromatic heterocycles. The highest BCUT2D eigenvalue weighted by molar-refractivity contribution is 5.95. The van der Waals surface area contributed by atoms with Gasteiger partial charge < -0.3 is 15.5 Å². The second kappa shape index (κ2) is 10.7. The Morgan fingerprint density at radius 2 is 1.50 bits per heavy atom. The summed E-state index contributed by atoms with van der Waals surface area (Å²) >= 11 is 0. The molecule has 0 fully saturated rings. The minimum Gasteiger partial charge on any atom is -0.332 e. The zero-order chi connectivity index (χ0) is 23.1. The van der Waals surface area contributed by atoms with Crippen LogP contribution in [0.25, 0.3) is 0 Å². The zero-order valence-corrected chi connectivity index (χ0v) is 19.3. The van der Waals surface area contributed by atoms with Crippen LogP contribution in [0, 0.1) is 20.8 Å². The monoisotopic (exact) mass is 430 g/mol. The van der Waals surface area contributed by atoms with Gasteiger partial charge in [-0.1, -0.05) is 72.3 Å². The van der Waals surface area contributed by atoms with Crippen molar-refractivity contribution in [3.8, 4) is 0 Å². The van der Waals surface area contributed by atoms with Gasteiger partial charge in [-0.15, -0.1) is 0 Å². The van der Waals surface area contributed by atoms with E-state index in [1.165, 1.54) is 10.5 Å². The van der Waals surface area contributed by atoms with Crippen LogP contribution in [0.15, 0.2) is 72.8 Å². The number of hydrogen-bond acceptors (Lipinski definition) is 2. The Balaban J connectivity index is 1.62. The van der Waals surface area contributed by atoms with E-state index in [0.29, 0.717) is 0 Å². The molecule has 3 rings (SSSR count). The van der Waals surface area contributed by atoms with Gasteiger partial charge in [0.25, 0.3) is 5.91 Å². The Bertz CT molecular complexity index is 1060. The highest BCUT2D eigenvalue weighted by atomic mass is 16.2. The van der Waals surface area contributed by atoms with Crippen LogP contribution >= 0.6 is 0 Å². The Morgan fingerprint density at radius 1 is 0.875 bits per heavy atom. The predicted octanol–water partition coefficient (Wildman–Crippen LogP) is 3.36. The molecule has 0 radical (unpaired) electrons. The topological polar surface area (TPSA) is 66.0 Å². The number of nitrogens with one attached hydrogen (secondary N) is 1. The van der Waals surface area contributed by atoms with Crippen molar-refractivity contribution >= 4 is 17.5 Å². The molecule has 0 aliphatic rings. The maximum Gasteiger partial charge on any atom is 0.277 e. The number of rotatable bonds is 8. The molecule has 0 aliphatic heterocycles. The van der Waals surface area contributed by atoms with Gasteiger partial charge in [0, 0.05) is 23.9 Å². The average Bonchev–Trinajstić information content (AvgIpc) is 2.78. The number of anilines is 1. The lowest BCUT2D eigenvalue weighted by atomic mass is 9.98. The van der Waals surface area contributed by atoms with E-state index in [2.05, 4.69) is 48.6 Å². The predicted molar refractivity (Wildman–Crippen MR) is 128 cm³/mol. The van der Waals surface area contributed by atoms with Crippen LogP contribution in [0.1, 0.15) is 33.9 Å². The van der Waals surface area contributed by atoms with Gasteiger partial charge in [0.05, 0.1) is 6.54 Å². The van der Waals surface area contributed by atoms with Crippen LogP contribution in [-0.2, 0) is 9.59 Å². The summed E-state index contributed by atoms with van der Waals surface area (Å²) in [4.78, 5) is 26.8. The number of carbonyl (C=O) groups excluding carboxylic acids is 2. The van der Waals surface area contributed by atoms with E-state index in [1.807, 2.05) is 55.6 Å². The number of nitrogens with two attached hydrogens (primary N) is 1. The number of nitrogens with zero attached hydrogens (tertiary/aromatic N) is 1. The molecule has 3 aromatic rings. The fourth-order valence-corrected chi connectivity index (χ4v) is 3.64. The minimum atomic E-state index is -0.201. The van der Waals surface area contributed by atoms with E-state index < -0.39 is 0 Å². The van der Waals surface area contributed by atoms with Crippen molar-refractivity contribution in [2.75, 3.05) is 25.5 Å². The molecule has 0 saturated carbocycles. The minimum absolute atomic E-state index is 0.0120. The molecule has 0 spiro atoms. The van der Waals surface area contributed by atoms with Gasteiger partial charge in [0.2, 0.25) is 5.91 Å². The van der Waals surface area contributed by atoms with Crippen molar-refractivity contribution in [3.05, 3.63) is 101 Å². The molecule has 5 heteroatoms. The molecule has 3 aromatic carbocycles. The maximum atomic E-state index is 12.8. The van der Waals surface area contributed by atoms with Crippen LogP contribution in [0.3, 0.4) is 0 Å². The standard InChI is InChI=1S/C27H31N3O2/c1-19-11-14-23(15-12-19)27(22-8-6-5-7-9-22)28-17-26(32)30(4)18-25(31)29-24-16-20(2)10-13-21(24)3/h5-16,27-28H,17-18H2,1-4H3,(H,29,31)/p+1/t27-/m0/s1. The SMILES string of the molecule is Cc1ccc([C@@H]([NH2+]CC(=O)N(C)CC(=O)Nc2cc(C)ccc2C)c2ccccc2)cc1. The van der Waals surface area contributed by atoms with Crippen molar-refractivity contribution in [3.63, 3.8) is 0 Å². The molecule has 0 heterocycles. The van der Waals surface area contributed by atoms with Crippen molar-refractivity contribution < 1.29 is 14.9 Å². The molecule has 1 atom stereocenters. The van der Waals surface area contributed by atoms with Gasteiger partial charge in [0.15, 0.2) is 6.54 Å². The van der Waals surface area contributed by atoms with Crippen molar-refractivity contribution in [2.45, 2.75) is 26.8 Å². The summed E-state index contributed by atoms with van der Waals surface area (Å²) in [5.74, 6) is -0.290. The maximum absolute atomic E-state index is 12.8. The van der Waals surface area contributed by atoms with Crippen LogP contribution in [0.5, 0.6) is 0 Å². The molecule has 0 saturated heterocycles. The second-order valence-electron chi connectivity index (χ2n) is 8.36. The van der Waals surface area contributed by atoms with Crippen molar-refractivity contribution in [1.82, 2.24) is 4.90 Å². The first kappa shape index (κ1) is 23.2. The van der Waals surface area contributed by atoms with E-state index in [-0.39, 0.29) is 30.9 Å². The average molecular weight is 431 g/mol. The lowest BCUT2D eigenvalue weighted by molar-refractivity contribution is -0.677. The Kier molecular flexibility index (Phi) is 7.79. The van der Waals surface area contributed by atoms with E-state index in [0.717, 1.165) is 27.9 Å². The highest BCUT2D eigenvalue weighted by Crippen LogP contribution is 2.19. The number of hydrogen-bond donors (Lipinski definition) is 2. The summed E-state index contributed by atoms with van der Waals surface area (Å²) in [7, 11) is 1.67. The van der Waals surface area contributed by atoms with Gasteiger partial charge in [-0.2, -0.15) is 0 Å². The number of likely N-dealkylation sites (N-methyl/N-ethyl adjacent to an activating group) is 1. The fourth-order valence-electron chi connectivity index (χ4n) is 3.64. The largest absolute Gasteiger partial charge is 0.332 e. The van der Waals surface area contributed by atoms with Crippen LogP contribution in [0.4, 0.5) is 5.69 Å². The smallest absolute Gasteiger partial charge is 0.277 e. The Hall–Kier alpha value is -3.44. The molecular formula is C27H32N3O2+. The first-order valence-electron chi connectivity index (χ1n) is 10.9. The summed E-state index contributed by atoms with van der Waals surface area (Å²) in [6.07, 6.45) is 0. The number of amides is 2. The molecule has 3 N–H and O–H groups in total.